The maximum absolute atomic E-state index is 10.9. The van der Waals surface area contributed by atoms with Crippen molar-refractivity contribution in [3.63, 3.8) is 0 Å². The molecule has 92 valence electrons. The van der Waals surface area contributed by atoms with Crippen molar-refractivity contribution >= 4 is 39.4 Å². The second kappa shape index (κ2) is 5.01. The lowest BCUT2D eigenvalue weighted by Gasteiger charge is -1.95. The average Bonchev–Trinajstić information content (AvgIpc) is 2.73. The number of thiophene rings is 1. The molecule has 0 bridgehead atoms. The number of aromatic carboxylic acids is 1. The Balaban J connectivity index is 2.41. The van der Waals surface area contributed by atoms with E-state index < -0.39 is 11.9 Å². The van der Waals surface area contributed by atoms with Crippen LogP contribution in [0.5, 0.6) is 0 Å². The number of primary amides is 1. The first kappa shape index (κ1) is 12.3. The van der Waals surface area contributed by atoms with Crippen LogP contribution in [0.25, 0.3) is 16.2 Å². The van der Waals surface area contributed by atoms with Gasteiger partial charge >= 0.3 is 5.97 Å². The summed E-state index contributed by atoms with van der Waals surface area (Å²) >= 11 is 1.23. The Morgan fingerprint density at radius 3 is 2.83 bits per heavy atom. The van der Waals surface area contributed by atoms with E-state index in [1.54, 1.807) is 18.2 Å². The smallest absolute Gasteiger partial charge is 0.345 e. The summed E-state index contributed by atoms with van der Waals surface area (Å²) < 4.78 is 0.911. The van der Waals surface area contributed by atoms with Crippen LogP contribution in [0.4, 0.5) is 0 Å². The predicted molar refractivity (Wildman–Crippen MR) is 71.6 cm³/mol. The second-order valence-electron chi connectivity index (χ2n) is 3.75. The van der Waals surface area contributed by atoms with Gasteiger partial charge in [-0.25, -0.2) is 4.79 Å². The van der Waals surface area contributed by atoms with Gasteiger partial charge < -0.3 is 10.8 Å². The van der Waals surface area contributed by atoms with Crippen LogP contribution in [0.15, 0.2) is 30.3 Å². The molecule has 3 N–H and O–H groups in total. The van der Waals surface area contributed by atoms with E-state index >= 15 is 0 Å². The van der Waals surface area contributed by atoms with Crippen molar-refractivity contribution < 1.29 is 14.7 Å². The lowest BCUT2D eigenvalue weighted by molar-refractivity contribution is -0.117. The molecule has 1 aromatic carbocycles. The molecule has 0 saturated heterocycles. The van der Waals surface area contributed by atoms with Crippen molar-refractivity contribution in [2.24, 2.45) is 5.73 Å². The highest BCUT2D eigenvalue weighted by molar-refractivity contribution is 7.20. The van der Waals surface area contributed by atoms with Crippen molar-refractivity contribution in [2.45, 2.75) is 6.42 Å². The normalized spacial score (nSPS) is 11.1. The number of nitrogens with two attached hydrogens (primary N) is 1. The van der Waals surface area contributed by atoms with Gasteiger partial charge in [-0.1, -0.05) is 24.3 Å². The van der Waals surface area contributed by atoms with Crippen LogP contribution in [0, 0.1) is 0 Å². The molecule has 2 aromatic rings. The Labute approximate surface area is 107 Å². The Morgan fingerprint density at radius 2 is 2.17 bits per heavy atom. The third kappa shape index (κ3) is 2.57. The molecule has 0 unspecified atom stereocenters. The van der Waals surface area contributed by atoms with Crippen LogP contribution in [0.3, 0.4) is 0 Å². The number of carboxylic acids is 1. The molecule has 0 radical (unpaired) electrons. The number of carboxylic acid groups (broad SMARTS) is 1. The number of hydrogen-bond acceptors (Lipinski definition) is 3. The first-order valence-electron chi connectivity index (χ1n) is 5.28. The summed E-state index contributed by atoms with van der Waals surface area (Å²) in [5.74, 6) is -1.32. The molecule has 2 rings (SSSR count). The monoisotopic (exact) mass is 261 g/mol. The minimum Gasteiger partial charge on any atom is -0.477 e. The minimum absolute atomic E-state index is 0.173. The maximum Gasteiger partial charge on any atom is 0.345 e. The van der Waals surface area contributed by atoms with Crippen molar-refractivity contribution in [2.75, 3.05) is 0 Å². The average molecular weight is 261 g/mol. The van der Waals surface area contributed by atoms with E-state index in [2.05, 4.69) is 0 Å². The molecule has 0 aliphatic heterocycles. The number of hydrogen-bond donors (Lipinski definition) is 2. The van der Waals surface area contributed by atoms with E-state index in [4.69, 9.17) is 10.8 Å². The first-order valence-corrected chi connectivity index (χ1v) is 6.10. The van der Waals surface area contributed by atoms with Crippen molar-refractivity contribution in [3.05, 3.63) is 40.8 Å². The molecule has 0 atom stereocenters. The van der Waals surface area contributed by atoms with Gasteiger partial charge in [0, 0.05) is 16.5 Å². The largest absolute Gasteiger partial charge is 0.477 e. The highest BCUT2D eigenvalue weighted by atomic mass is 32.1. The number of fused-ring (bicyclic) bond motifs is 1. The molecular formula is C13H11NO3S. The first-order chi connectivity index (χ1) is 8.58. The highest BCUT2D eigenvalue weighted by Crippen LogP contribution is 2.29. The topological polar surface area (TPSA) is 80.4 Å². The molecule has 1 heterocycles. The highest BCUT2D eigenvalue weighted by Gasteiger charge is 2.09. The van der Waals surface area contributed by atoms with Gasteiger partial charge in [-0.15, -0.1) is 11.3 Å². The van der Waals surface area contributed by atoms with Crippen LogP contribution < -0.4 is 5.73 Å². The van der Waals surface area contributed by atoms with Gasteiger partial charge in [0.25, 0.3) is 0 Å². The number of carbonyl (C=O) groups is 2. The number of rotatable bonds is 4. The summed E-state index contributed by atoms with van der Waals surface area (Å²) in [6.45, 7) is 0. The summed E-state index contributed by atoms with van der Waals surface area (Å²) in [6.07, 6.45) is 3.63. The Morgan fingerprint density at radius 1 is 1.39 bits per heavy atom. The fourth-order valence-electron chi connectivity index (χ4n) is 1.64. The SMILES string of the molecule is NC(=O)CC=Cc1cccc2sc(C(=O)O)cc12. The molecule has 1 aromatic heterocycles. The lowest BCUT2D eigenvalue weighted by Crippen LogP contribution is -2.07. The summed E-state index contributed by atoms with van der Waals surface area (Å²) in [5, 5.41) is 9.83. The summed E-state index contributed by atoms with van der Waals surface area (Å²) in [6, 6.07) is 7.25. The molecule has 0 saturated carbocycles. The molecule has 4 nitrogen and oxygen atoms in total. The molecule has 0 aliphatic rings. The van der Waals surface area contributed by atoms with E-state index in [9.17, 15) is 9.59 Å². The van der Waals surface area contributed by atoms with Gasteiger partial charge in [-0.05, 0) is 17.7 Å². The van der Waals surface area contributed by atoms with Gasteiger partial charge in [0.05, 0.1) is 0 Å². The van der Waals surface area contributed by atoms with Crippen LogP contribution in [0.2, 0.25) is 0 Å². The Hall–Kier alpha value is -2.14. The summed E-state index contributed by atoms with van der Waals surface area (Å²) in [7, 11) is 0. The van der Waals surface area contributed by atoms with E-state index in [1.807, 2.05) is 18.2 Å². The quantitative estimate of drug-likeness (QED) is 0.887. The maximum atomic E-state index is 10.9. The van der Waals surface area contributed by atoms with Crippen molar-refractivity contribution in [1.82, 2.24) is 0 Å². The van der Waals surface area contributed by atoms with Gasteiger partial charge in [-0.2, -0.15) is 0 Å². The standard InChI is InChI=1S/C13H11NO3S/c14-12(15)6-2-4-8-3-1-5-10-9(8)7-11(18-10)13(16)17/h1-5,7H,6H2,(H2,14,15)(H,16,17). The predicted octanol–water partition coefficient (Wildman–Crippen LogP) is 2.49. The van der Waals surface area contributed by atoms with Crippen molar-refractivity contribution in [3.8, 4) is 0 Å². The molecule has 0 fully saturated rings. The van der Waals surface area contributed by atoms with Gasteiger partial charge in [0.1, 0.15) is 4.88 Å². The van der Waals surface area contributed by atoms with Crippen LogP contribution >= 0.6 is 11.3 Å². The minimum atomic E-state index is -0.928. The number of benzene rings is 1. The summed E-state index contributed by atoms with van der Waals surface area (Å²) in [5.41, 5.74) is 5.93. The zero-order chi connectivity index (χ0) is 13.1. The molecule has 0 aliphatic carbocycles. The van der Waals surface area contributed by atoms with Gasteiger partial charge in [0.15, 0.2) is 0 Å². The second-order valence-corrected chi connectivity index (χ2v) is 4.83. The number of carbonyl (C=O) groups excluding carboxylic acids is 1. The van der Waals surface area contributed by atoms with Gasteiger partial charge in [-0.3, -0.25) is 4.79 Å². The van der Waals surface area contributed by atoms with Gasteiger partial charge in [0.2, 0.25) is 5.91 Å². The van der Waals surface area contributed by atoms with Crippen LogP contribution in [-0.4, -0.2) is 17.0 Å². The van der Waals surface area contributed by atoms with E-state index in [0.29, 0.717) is 4.88 Å². The third-order valence-corrected chi connectivity index (χ3v) is 3.51. The van der Waals surface area contributed by atoms with Crippen molar-refractivity contribution in [1.29, 1.82) is 0 Å². The van der Waals surface area contributed by atoms with Crippen LogP contribution in [0.1, 0.15) is 21.7 Å². The third-order valence-electron chi connectivity index (χ3n) is 2.42. The molecular weight excluding hydrogens is 250 g/mol. The molecule has 0 spiro atoms. The number of amides is 1. The van der Waals surface area contributed by atoms with E-state index in [1.165, 1.54) is 11.3 Å². The zero-order valence-electron chi connectivity index (χ0n) is 9.42. The summed E-state index contributed by atoms with van der Waals surface area (Å²) in [4.78, 5) is 21.9. The molecule has 5 heteroatoms. The van der Waals surface area contributed by atoms with Crippen LogP contribution in [-0.2, 0) is 4.79 Å². The zero-order valence-corrected chi connectivity index (χ0v) is 10.2. The fourth-order valence-corrected chi connectivity index (χ4v) is 2.57. The van der Waals surface area contributed by atoms with E-state index in [0.717, 1.165) is 15.6 Å². The molecule has 18 heavy (non-hydrogen) atoms. The fraction of sp³-hybridized carbons (Fsp3) is 0.0769. The Kier molecular flexibility index (Phi) is 3.43. The molecule has 1 amide bonds. The van der Waals surface area contributed by atoms with E-state index in [-0.39, 0.29) is 6.42 Å². The Bertz CT molecular complexity index is 643. The lowest BCUT2D eigenvalue weighted by atomic mass is 10.1.